The monoisotopic (exact) mass is 258 g/mol. The van der Waals surface area contributed by atoms with E-state index in [1.54, 1.807) is 7.11 Å². The van der Waals surface area contributed by atoms with Crippen molar-refractivity contribution in [3.63, 3.8) is 0 Å². The Bertz CT molecular complexity index is 632. The van der Waals surface area contributed by atoms with Crippen molar-refractivity contribution in [1.82, 2.24) is 9.97 Å². The fourth-order valence-corrected chi connectivity index (χ4v) is 2.22. The van der Waals surface area contributed by atoms with Gasteiger partial charge in [-0.15, -0.1) is 0 Å². The third-order valence-corrected chi connectivity index (χ3v) is 3.33. The van der Waals surface area contributed by atoms with Crippen LogP contribution in [-0.2, 0) is 0 Å². The minimum atomic E-state index is 0.638. The number of ether oxygens (including phenoxy) is 1. The number of hydrogen-bond donors (Lipinski definition) is 1. The third-order valence-electron chi connectivity index (χ3n) is 3.12. The van der Waals surface area contributed by atoms with E-state index in [1.165, 1.54) is 18.5 Å². The van der Waals surface area contributed by atoms with Gasteiger partial charge >= 0.3 is 0 Å². The van der Waals surface area contributed by atoms with Crippen molar-refractivity contribution in [2.45, 2.75) is 18.8 Å². The van der Waals surface area contributed by atoms with E-state index in [1.807, 2.05) is 30.3 Å². The largest absolute Gasteiger partial charge is 0.497 e. The summed E-state index contributed by atoms with van der Waals surface area (Å²) >= 11 is 5.23. The molecule has 18 heavy (non-hydrogen) atoms. The molecule has 4 heteroatoms. The van der Waals surface area contributed by atoms with Crippen LogP contribution in [0, 0.1) is 4.64 Å². The Morgan fingerprint density at radius 2 is 2.17 bits per heavy atom. The predicted octanol–water partition coefficient (Wildman–Crippen LogP) is 3.69. The van der Waals surface area contributed by atoms with Gasteiger partial charge in [-0.3, -0.25) is 0 Å². The van der Waals surface area contributed by atoms with Crippen molar-refractivity contribution in [3.05, 3.63) is 40.7 Å². The zero-order chi connectivity index (χ0) is 12.5. The number of methoxy groups -OCH3 is 1. The minimum Gasteiger partial charge on any atom is -0.497 e. The van der Waals surface area contributed by atoms with E-state index < -0.39 is 0 Å². The minimum absolute atomic E-state index is 0.638. The Morgan fingerprint density at radius 3 is 2.89 bits per heavy atom. The van der Waals surface area contributed by atoms with Crippen LogP contribution in [0.4, 0.5) is 0 Å². The fourth-order valence-electron chi connectivity index (χ4n) is 2.00. The molecule has 1 heterocycles. The normalized spacial score (nSPS) is 14.5. The summed E-state index contributed by atoms with van der Waals surface area (Å²) in [5, 5.41) is 0. The number of aromatic amines is 1. The SMILES string of the molecule is COc1cccc(-c2nc(=S)cc(C3CC3)[nH]2)c1. The van der Waals surface area contributed by atoms with Gasteiger partial charge in [0.15, 0.2) is 0 Å². The first kappa shape index (κ1) is 11.4. The van der Waals surface area contributed by atoms with Crippen LogP contribution in [0.3, 0.4) is 0 Å². The van der Waals surface area contributed by atoms with Crippen LogP contribution in [0.5, 0.6) is 5.75 Å². The van der Waals surface area contributed by atoms with Crippen LogP contribution in [-0.4, -0.2) is 17.1 Å². The van der Waals surface area contributed by atoms with Crippen molar-refractivity contribution in [3.8, 4) is 17.1 Å². The van der Waals surface area contributed by atoms with E-state index in [9.17, 15) is 0 Å². The molecule has 1 aromatic heterocycles. The Balaban J connectivity index is 2.06. The first-order valence-electron chi connectivity index (χ1n) is 6.02. The van der Waals surface area contributed by atoms with Crippen molar-refractivity contribution in [1.29, 1.82) is 0 Å². The summed E-state index contributed by atoms with van der Waals surface area (Å²) in [5.74, 6) is 2.29. The standard InChI is InChI=1S/C14H14N2OS/c1-17-11-4-2-3-10(7-11)14-15-12(9-5-6-9)8-13(18)16-14/h2-4,7-9H,5-6H2,1H3,(H,15,16,18). The lowest BCUT2D eigenvalue weighted by Crippen LogP contribution is -1.95. The quantitative estimate of drug-likeness (QED) is 0.853. The highest BCUT2D eigenvalue weighted by molar-refractivity contribution is 7.71. The van der Waals surface area contributed by atoms with Gasteiger partial charge < -0.3 is 9.72 Å². The van der Waals surface area contributed by atoms with Gasteiger partial charge in [-0.05, 0) is 37.0 Å². The second kappa shape index (κ2) is 4.53. The fraction of sp³-hybridized carbons (Fsp3) is 0.286. The lowest BCUT2D eigenvalue weighted by Gasteiger charge is -2.06. The van der Waals surface area contributed by atoms with Crippen LogP contribution in [0.15, 0.2) is 30.3 Å². The zero-order valence-corrected chi connectivity index (χ0v) is 11.0. The number of nitrogens with zero attached hydrogens (tertiary/aromatic N) is 1. The topological polar surface area (TPSA) is 37.9 Å². The molecule has 3 rings (SSSR count). The molecule has 0 aliphatic heterocycles. The van der Waals surface area contributed by atoms with Gasteiger partial charge in [0.25, 0.3) is 0 Å². The molecule has 1 fully saturated rings. The van der Waals surface area contributed by atoms with Gasteiger partial charge in [0.2, 0.25) is 0 Å². The highest BCUT2D eigenvalue weighted by atomic mass is 32.1. The van der Waals surface area contributed by atoms with Gasteiger partial charge in [0.05, 0.1) is 7.11 Å². The molecular formula is C14H14N2OS. The van der Waals surface area contributed by atoms with Gasteiger partial charge in [-0.1, -0.05) is 24.4 Å². The smallest absolute Gasteiger partial charge is 0.139 e. The van der Waals surface area contributed by atoms with Crippen molar-refractivity contribution in [2.24, 2.45) is 0 Å². The van der Waals surface area contributed by atoms with E-state index >= 15 is 0 Å². The summed E-state index contributed by atoms with van der Waals surface area (Å²) in [6, 6.07) is 9.81. The average Bonchev–Trinajstić information content (AvgIpc) is 3.22. The Morgan fingerprint density at radius 1 is 1.33 bits per heavy atom. The molecule has 1 aromatic carbocycles. The Hall–Kier alpha value is -1.68. The molecule has 1 aliphatic rings. The number of nitrogens with one attached hydrogen (secondary N) is 1. The molecule has 1 N–H and O–H groups in total. The number of H-pyrrole nitrogens is 1. The first-order valence-corrected chi connectivity index (χ1v) is 6.43. The van der Waals surface area contributed by atoms with Crippen LogP contribution < -0.4 is 4.74 Å². The van der Waals surface area contributed by atoms with Gasteiger partial charge in [-0.25, -0.2) is 4.98 Å². The molecule has 92 valence electrons. The van der Waals surface area contributed by atoms with E-state index in [-0.39, 0.29) is 0 Å². The van der Waals surface area contributed by atoms with Gasteiger partial charge in [0, 0.05) is 11.3 Å². The maximum Gasteiger partial charge on any atom is 0.139 e. The average molecular weight is 258 g/mol. The molecule has 2 aromatic rings. The predicted molar refractivity (Wildman–Crippen MR) is 73.4 cm³/mol. The molecule has 0 unspecified atom stereocenters. The molecule has 0 radical (unpaired) electrons. The second-order valence-electron chi connectivity index (χ2n) is 4.53. The molecule has 0 amide bonds. The highest BCUT2D eigenvalue weighted by Crippen LogP contribution is 2.39. The molecular weight excluding hydrogens is 244 g/mol. The molecule has 0 spiro atoms. The van der Waals surface area contributed by atoms with Crippen molar-refractivity contribution < 1.29 is 4.74 Å². The van der Waals surface area contributed by atoms with Gasteiger partial charge in [-0.2, -0.15) is 0 Å². The summed E-state index contributed by atoms with van der Waals surface area (Å²) in [4.78, 5) is 7.77. The summed E-state index contributed by atoms with van der Waals surface area (Å²) < 4.78 is 5.88. The van der Waals surface area contributed by atoms with Crippen molar-refractivity contribution >= 4 is 12.2 Å². The lowest BCUT2D eigenvalue weighted by molar-refractivity contribution is 0.415. The molecule has 1 aliphatic carbocycles. The molecule has 1 saturated carbocycles. The maximum absolute atomic E-state index is 5.23. The maximum atomic E-state index is 5.23. The lowest BCUT2D eigenvalue weighted by atomic mass is 10.2. The zero-order valence-electron chi connectivity index (χ0n) is 10.1. The van der Waals surface area contributed by atoms with Crippen LogP contribution >= 0.6 is 12.2 Å². The van der Waals surface area contributed by atoms with Crippen LogP contribution in [0.2, 0.25) is 0 Å². The molecule has 3 nitrogen and oxygen atoms in total. The number of benzene rings is 1. The third kappa shape index (κ3) is 2.29. The number of hydrogen-bond acceptors (Lipinski definition) is 3. The van der Waals surface area contributed by atoms with Crippen molar-refractivity contribution in [2.75, 3.05) is 7.11 Å². The first-order chi connectivity index (χ1) is 8.76. The Labute approximate surface area is 111 Å². The summed E-state index contributed by atoms with van der Waals surface area (Å²) in [6.07, 6.45) is 2.49. The van der Waals surface area contributed by atoms with Crippen LogP contribution in [0.25, 0.3) is 11.4 Å². The second-order valence-corrected chi connectivity index (χ2v) is 4.95. The summed E-state index contributed by atoms with van der Waals surface area (Å²) in [6.45, 7) is 0. The summed E-state index contributed by atoms with van der Waals surface area (Å²) in [7, 11) is 1.66. The summed E-state index contributed by atoms with van der Waals surface area (Å²) in [5.41, 5.74) is 2.20. The number of rotatable bonds is 3. The van der Waals surface area contributed by atoms with E-state index in [0.717, 1.165) is 17.1 Å². The molecule has 0 atom stereocenters. The van der Waals surface area contributed by atoms with Crippen LogP contribution in [0.1, 0.15) is 24.5 Å². The van der Waals surface area contributed by atoms with Gasteiger partial charge in [0.1, 0.15) is 16.2 Å². The number of aromatic nitrogens is 2. The highest BCUT2D eigenvalue weighted by Gasteiger charge is 2.24. The molecule has 0 bridgehead atoms. The van der Waals surface area contributed by atoms with E-state index in [4.69, 9.17) is 17.0 Å². The Kier molecular flexibility index (Phi) is 2.88. The molecule has 0 saturated heterocycles. The van der Waals surface area contributed by atoms with E-state index in [0.29, 0.717) is 10.6 Å². The van der Waals surface area contributed by atoms with E-state index in [2.05, 4.69) is 9.97 Å².